The van der Waals surface area contributed by atoms with Crippen LogP contribution in [0.3, 0.4) is 0 Å². The van der Waals surface area contributed by atoms with Crippen molar-refractivity contribution in [1.29, 1.82) is 0 Å². The van der Waals surface area contributed by atoms with E-state index >= 15 is 0 Å². The standard InChI is InChI=1S/C69H46F6N4S/c1-43-40-51(45-10-6-3-7-11-45)22-35-59(43)53-24-38-64-62(42-53)61-41-52(49-14-12-46(13-15-49)44-8-4-2-5-9-44)23-37-63(61)79(64)58-31-20-50(21-32-58)60-36-39-65(67-66(60)76-80-77-67)78(57-33-27-55(28-34-57)69(73,74)75)56-29-18-48(19-30-56)47-16-25-54(26-17-47)68(70,71)72/h2-39,41-43H,40H2,1H3. The number of aromatic nitrogens is 3. The lowest BCUT2D eigenvalue weighted by Crippen LogP contribution is -2.12. The van der Waals surface area contributed by atoms with E-state index in [-0.39, 0.29) is 0 Å². The average molecular weight is 1080 g/mol. The summed E-state index contributed by atoms with van der Waals surface area (Å²) in [6, 6.07) is 72.5. The Morgan fingerprint density at radius 2 is 0.887 bits per heavy atom. The minimum absolute atomic E-state index is 0.309. The summed E-state index contributed by atoms with van der Waals surface area (Å²) in [6.45, 7) is 2.31. The maximum atomic E-state index is 13.8. The number of benzene rings is 10. The number of fused-ring (bicyclic) bond motifs is 4. The van der Waals surface area contributed by atoms with Crippen molar-refractivity contribution in [2.45, 2.75) is 25.7 Å². The molecule has 0 bridgehead atoms. The van der Waals surface area contributed by atoms with Crippen molar-refractivity contribution in [2.24, 2.45) is 5.92 Å². The van der Waals surface area contributed by atoms with Crippen LogP contribution in [0.15, 0.2) is 243 Å². The third-order valence-corrected chi connectivity index (χ3v) is 15.8. The van der Waals surface area contributed by atoms with Gasteiger partial charge in [-0.1, -0.05) is 153 Å². The number of alkyl halides is 6. The second kappa shape index (κ2) is 20.2. The minimum Gasteiger partial charge on any atom is -0.309 e. The Morgan fingerprint density at radius 1 is 0.438 bits per heavy atom. The fraction of sp³-hybridized carbons (Fsp3) is 0.0725. The molecular formula is C69H46F6N4S. The van der Waals surface area contributed by atoms with Gasteiger partial charge in [-0.05, 0) is 171 Å². The molecule has 390 valence electrons. The Kier molecular flexibility index (Phi) is 12.7. The Labute approximate surface area is 461 Å². The van der Waals surface area contributed by atoms with Crippen molar-refractivity contribution in [3.05, 3.63) is 265 Å². The molecule has 10 aromatic carbocycles. The molecule has 1 unspecified atom stereocenters. The van der Waals surface area contributed by atoms with Crippen LogP contribution in [0, 0.1) is 5.92 Å². The topological polar surface area (TPSA) is 34.0 Å². The Balaban J connectivity index is 0.875. The molecule has 1 aliphatic carbocycles. The molecule has 1 aliphatic rings. The molecule has 0 N–H and O–H groups in total. The van der Waals surface area contributed by atoms with Gasteiger partial charge in [0.1, 0.15) is 11.0 Å². The van der Waals surface area contributed by atoms with Crippen molar-refractivity contribution < 1.29 is 26.3 Å². The molecule has 0 saturated carbocycles. The molecule has 2 aromatic heterocycles. The Hall–Kier alpha value is -9.32. The van der Waals surface area contributed by atoms with E-state index in [4.69, 9.17) is 8.75 Å². The molecule has 1 atom stereocenters. The molecule has 0 saturated heterocycles. The van der Waals surface area contributed by atoms with Crippen LogP contribution in [0.25, 0.3) is 94.2 Å². The number of halogens is 6. The van der Waals surface area contributed by atoms with Gasteiger partial charge in [-0.25, -0.2) is 0 Å². The molecule has 0 amide bonds. The quantitative estimate of drug-likeness (QED) is 0.128. The second-order valence-electron chi connectivity index (χ2n) is 20.2. The zero-order valence-corrected chi connectivity index (χ0v) is 43.7. The van der Waals surface area contributed by atoms with E-state index in [0.717, 1.165) is 97.7 Å². The lowest BCUT2D eigenvalue weighted by atomic mass is 9.82. The Bertz CT molecular complexity index is 4310. The predicted molar refractivity (Wildman–Crippen MR) is 314 cm³/mol. The normalized spacial score (nSPS) is 13.9. The van der Waals surface area contributed by atoms with E-state index in [1.165, 1.54) is 52.1 Å². The van der Waals surface area contributed by atoms with Gasteiger partial charge >= 0.3 is 12.4 Å². The zero-order valence-electron chi connectivity index (χ0n) is 42.8. The summed E-state index contributed by atoms with van der Waals surface area (Å²) in [4.78, 5) is 1.82. The van der Waals surface area contributed by atoms with Crippen molar-refractivity contribution in [2.75, 3.05) is 4.90 Å². The molecule has 11 heteroatoms. The summed E-state index contributed by atoms with van der Waals surface area (Å²) < 4.78 is 93.5. The molecule has 0 radical (unpaired) electrons. The van der Waals surface area contributed by atoms with Gasteiger partial charge in [0.2, 0.25) is 0 Å². The smallest absolute Gasteiger partial charge is 0.309 e. The first-order chi connectivity index (χ1) is 38.8. The van der Waals surface area contributed by atoms with E-state index in [1.54, 1.807) is 24.3 Å². The molecule has 0 spiro atoms. The predicted octanol–water partition coefficient (Wildman–Crippen LogP) is 20.5. The van der Waals surface area contributed by atoms with Gasteiger partial charge in [0.15, 0.2) is 0 Å². The SMILES string of the molecule is CC1CC(c2ccccc2)=CC=C1c1ccc2c(c1)c1cc(-c3ccc(-c4ccccc4)cc3)ccc1n2-c1ccc(-c2ccc(N(c3ccc(-c4ccc(C(F)(F)F)cc4)cc3)c3ccc(C(F)(F)F)cc3)c3nsnc23)cc1. The number of hydrogen-bond acceptors (Lipinski definition) is 4. The first-order valence-corrected chi connectivity index (χ1v) is 26.9. The third-order valence-electron chi connectivity index (χ3n) is 15.3. The van der Waals surface area contributed by atoms with E-state index in [2.05, 4.69) is 163 Å². The molecular weight excluding hydrogens is 1030 g/mol. The Morgan fingerprint density at radius 3 is 1.46 bits per heavy atom. The van der Waals surface area contributed by atoms with Gasteiger partial charge in [0.05, 0.1) is 39.6 Å². The molecule has 0 fully saturated rings. The monoisotopic (exact) mass is 1080 g/mol. The molecule has 2 heterocycles. The van der Waals surface area contributed by atoms with Crippen molar-refractivity contribution in [3.63, 3.8) is 0 Å². The number of anilines is 3. The lowest BCUT2D eigenvalue weighted by Gasteiger charge is -2.26. The summed E-state index contributed by atoms with van der Waals surface area (Å²) in [5, 5.41) is 2.28. The van der Waals surface area contributed by atoms with Gasteiger partial charge in [0, 0.05) is 33.4 Å². The van der Waals surface area contributed by atoms with Gasteiger partial charge < -0.3 is 9.47 Å². The van der Waals surface area contributed by atoms with Crippen LogP contribution in [0.4, 0.5) is 43.4 Å². The minimum atomic E-state index is -4.54. The van der Waals surface area contributed by atoms with Crippen molar-refractivity contribution in [3.8, 4) is 50.2 Å². The highest BCUT2D eigenvalue weighted by molar-refractivity contribution is 7.00. The maximum Gasteiger partial charge on any atom is 0.416 e. The molecule has 0 aliphatic heterocycles. The highest BCUT2D eigenvalue weighted by Crippen LogP contribution is 2.45. The highest BCUT2D eigenvalue weighted by atomic mass is 32.1. The number of allylic oxidation sites excluding steroid dienone is 4. The first-order valence-electron chi connectivity index (χ1n) is 26.1. The zero-order chi connectivity index (χ0) is 54.7. The van der Waals surface area contributed by atoms with Gasteiger partial charge in [-0.3, -0.25) is 0 Å². The van der Waals surface area contributed by atoms with Gasteiger partial charge in [-0.15, -0.1) is 0 Å². The molecule has 13 rings (SSSR count). The third kappa shape index (κ3) is 9.43. The summed E-state index contributed by atoms with van der Waals surface area (Å²) in [6.07, 6.45) is -3.51. The number of rotatable bonds is 10. The van der Waals surface area contributed by atoms with Gasteiger partial charge in [-0.2, -0.15) is 35.1 Å². The summed E-state index contributed by atoms with van der Waals surface area (Å²) in [7, 11) is 0. The summed E-state index contributed by atoms with van der Waals surface area (Å²) >= 11 is 1.04. The fourth-order valence-electron chi connectivity index (χ4n) is 11.2. The lowest BCUT2D eigenvalue weighted by molar-refractivity contribution is -0.138. The largest absolute Gasteiger partial charge is 0.416 e. The van der Waals surface area contributed by atoms with E-state index < -0.39 is 23.5 Å². The number of nitrogens with zero attached hydrogens (tertiary/aromatic N) is 4. The van der Waals surface area contributed by atoms with Crippen LogP contribution < -0.4 is 4.90 Å². The van der Waals surface area contributed by atoms with Crippen LogP contribution >= 0.6 is 11.7 Å². The van der Waals surface area contributed by atoms with E-state index in [1.807, 2.05) is 23.1 Å². The van der Waals surface area contributed by atoms with Crippen LogP contribution in [-0.4, -0.2) is 13.3 Å². The van der Waals surface area contributed by atoms with Gasteiger partial charge in [0.25, 0.3) is 0 Å². The highest BCUT2D eigenvalue weighted by Gasteiger charge is 2.32. The first kappa shape index (κ1) is 50.2. The second-order valence-corrected chi connectivity index (χ2v) is 20.7. The fourth-order valence-corrected chi connectivity index (χ4v) is 11.8. The molecule has 80 heavy (non-hydrogen) atoms. The van der Waals surface area contributed by atoms with E-state index in [0.29, 0.717) is 45.1 Å². The van der Waals surface area contributed by atoms with Crippen molar-refractivity contribution >= 4 is 72.8 Å². The van der Waals surface area contributed by atoms with Crippen LogP contribution in [0.2, 0.25) is 0 Å². The van der Waals surface area contributed by atoms with E-state index in [9.17, 15) is 26.3 Å². The molecule has 4 nitrogen and oxygen atoms in total. The maximum absolute atomic E-state index is 13.8. The van der Waals surface area contributed by atoms with Crippen LogP contribution in [0.1, 0.15) is 35.6 Å². The number of hydrogen-bond donors (Lipinski definition) is 0. The average Bonchev–Trinajstić information content (AvgIpc) is 4.14. The summed E-state index contributed by atoms with van der Waals surface area (Å²) in [5.74, 6) is 0.309. The van der Waals surface area contributed by atoms with Crippen molar-refractivity contribution in [1.82, 2.24) is 13.3 Å². The van der Waals surface area contributed by atoms with Crippen LogP contribution in [0.5, 0.6) is 0 Å². The van der Waals surface area contributed by atoms with Crippen LogP contribution in [-0.2, 0) is 12.4 Å². The summed E-state index contributed by atoms with van der Waals surface area (Å²) in [5.41, 5.74) is 17.0. The molecule has 12 aromatic rings.